The first-order chi connectivity index (χ1) is 16.9. The van der Waals surface area contributed by atoms with Gasteiger partial charge < -0.3 is 14.8 Å². The molecule has 1 fully saturated rings. The average molecular weight is 479 g/mol. The molecule has 4 rings (SSSR count). The Balaban J connectivity index is 1.39. The normalized spacial score (nSPS) is 22.1. The van der Waals surface area contributed by atoms with Crippen molar-refractivity contribution in [3.63, 3.8) is 0 Å². The van der Waals surface area contributed by atoms with Crippen LogP contribution in [0.15, 0.2) is 66.4 Å². The minimum Gasteiger partial charge on any atom is -0.464 e. The molecule has 1 spiro atoms. The van der Waals surface area contributed by atoms with Gasteiger partial charge in [0.25, 0.3) is 5.69 Å². The highest BCUT2D eigenvalue weighted by molar-refractivity contribution is 6.05. The first-order valence-electron chi connectivity index (χ1n) is 12.0. The number of nitro groups is 1. The van der Waals surface area contributed by atoms with E-state index in [-0.39, 0.29) is 24.2 Å². The molecule has 2 aliphatic carbocycles. The second-order valence-corrected chi connectivity index (χ2v) is 9.08. The Bertz CT molecular complexity index is 1090. The topological polar surface area (TPSA) is 108 Å². The number of nitro benzene ring substituents is 1. The summed E-state index contributed by atoms with van der Waals surface area (Å²) < 4.78 is 11.3. The molecule has 2 aromatic carbocycles. The van der Waals surface area contributed by atoms with Crippen LogP contribution in [0.2, 0.25) is 0 Å². The quantitative estimate of drug-likeness (QED) is 0.309. The predicted molar refractivity (Wildman–Crippen MR) is 129 cm³/mol. The SMILES string of the molecule is CCOC(=O)[C@H](Cc1ccc([N+](=O)[O-])cc1)NC1=CC(=O)[C@]12CC[C@@H](OCc1ccccc1)CC2. The van der Waals surface area contributed by atoms with E-state index in [1.807, 2.05) is 30.3 Å². The van der Waals surface area contributed by atoms with Gasteiger partial charge in [-0.25, -0.2) is 4.79 Å². The number of ketones is 1. The Morgan fingerprint density at radius 2 is 1.80 bits per heavy atom. The largest absolute Gasteiger partial charge is 0.464 e. The third kappa shape index (κ3) is 5.59. The van der Waals surface area contributed by atoms with Crippen molar-refractivity contribution in [1.29, 1.82) is 0 Å². The van der Waals surface area contributed by atoms with Crippen LogP contribution in [0.4, 0.5) is 5.69 Å². The molecular formula is C27H30N2O6. The summed E-state index contributed by atoms with van der Waals surface area (Å²) in [4.78, 5) is 35.9. The Morgan fingerprint density at radius 3 is 2.40 bits per heavy atom. The first kappa shape index (κ1) is 24.6. The molecule has 0 heterocycles. The number of ether oxygens (including phenoxy) is 2. The number of nitrogens with one attached hydrogen (secondary N) is 1. The zero-order valence-corrected chi connectivity index (χ0v) is 19.8. The van der Waals surface area contributed by atoms with E-state index in [9.17, 15) is 19.7 Å². The number of benzene rings is 2. The lowest BCUT2D eigenvalue weighted by molar-refractivity contribution is -0.384. The minimum atomic E-state index is -0.695. The molecule has 8 nitrogen and oxygen atoms in total. The summed E-state index contributed by atoms with van der Waals surface area (Å²) in [7, 11) is 0. The zero-order chi connectivity index (χ0) is 24.8. The second-order valence-electron chi connectivity index (χ2n) is 9.08. The number of carbonyl (C=O) groups is 2. The van der Waals surface area contributed by atoms with E-state index >= 15 is 0 Å². The van der Waals surface area contributed by atoms with E-state index in [4.69, 9.17) is 9.47 Å². The molecule has 8 heteroatoms. The maximum atomic E-state index is 12.7. The van der Waals surface area contributed by atoms with Gasteiger partial charge in [-0.05, 0) is 43.7 Å². The Hall–Kier alpha value is -3.52. The number of esters is 1. The fourth-order valence-electron chi connectivity index (χ4n) is 4.81. The lowest BCUT2D eigenvalue weighted by Gasteiger charge is -2.46. The molecule has 1 saturated carbocycles. The predicted octanol–water partition coefficient (Wildman–Crippen LogP) is 4.27. The number of carbonyl (C=O) groups excluding carboxylic acids is 2. The molecule has 2 aromatic rings. The third-order valence-corrected chi connectivity index (χ3v) is 6.87. The van der Waals surface area contributed by atoms with E-state index < -0.39 is 22.3 Å². The summed E-state index contributed by atoms with van der Waals surface area (Å²) in [5.74, 6) is -0.333. The van der Waals surface area contributed by atoms with E-state index in [1.165, 1.54) is 12.1 Å². The molecule has 2 aliphatic rings. The van der Waals surface area contributed by atoms with E-state index in [2.05, 4.69) is 5.32 Å². The van der Waals surface area contributed by atoms with Gasteiger partial charge in [0, 0.05) is 30.3 Å². The van der Waals surface area contributed by atoms with E-state index in [0.717, 1.165) is 29.7 Å². The smallest absolute Gasteiger partial charge is 0.328 e. The lowest BCUT2D eigenvalue weighted by Crippen LogP contribution is -2.53. The summed E-state index contributed by atoms with van der Waals surface area (Å²) in [6.45, 7) is 2.53. The molecule has 0 saturated heterocycles. The molecule has 0 bridgehead atoms. The maximum absolute atomic E-state index is 12.7. The van der Waals surface area contributed by atoms with Crippen LogP contribution in [0.25, 0.3) is 0 Å². The number of hydrogen-bond donors (Lipinski definition) is 1. The molecule has 1 atom stereocenters. The highest BCUT2D eigenvalue weighted by atomic mass is 16.6. The molecule has 0 radical (unpaired) electrons. The van der Waals surface area contributed by atoms with Crippen molar-refractivity contribution in [1.82, 2.24) is 5.32 Å². The third-order valence-electron chi connectivity index (χ3n) is 6.87. The molecule has 184 valence electrons. The molecule has 0 aliphatic heterocycles. The van der Waals surface area contributed by atoms with Crippen LogP contribution in [0.5, 0.6) is 0 Å². The number of hydrogen-bond acceptors (Lipinski definition) is 7. The van der Waals surface area contributed by atoms with Crippen molar-refractivity contribution >= 4 is 17.4 Å². The number of rotatable bonds is 10. The summed E-state index contributed by atoms with van der Waals surface area (Å²) in [5, 5.41) is 14.2. The van der Waals surface area contributed by atoms with E-state index in [1.54, 1.807) is 25.1 Å². The van der Waals surface area contributed by atoms with Crippen molar-refractivity contribution in [3.05, 3.63) is 87.6 Å². The van der Waals surface area contributed by atoms with Crippen molar-refractivity contribution < 1.29 is 24.0 Å². The summed E-state index contributed by atoms with van der Waals surface area (Å²) in [6, 6.07) is 15.4. The van der Waals surface area contributed by atoms with Crippen LogP contribution < -0.4 is 5.32 Å². The van der Waals surface area contributed by atoms with Crippen molar-refractivity contribution in [2.45, 2.75) is 57.8 Å². The van der Waals surface area contributed by atoms with Crippen LogP contribution in [0, 0.1) is 15.5 Å². The maximum Gasteiger partial charge on any atom is 0.328 e. The first-order valence-corrected chi connectivity index (χ1v) is 12.0. The van der Waals surface area contributed by atoms with Gasteiger partial charge in [0.1, 0.15) is 6.04 Å². The number of nitrogens with zero attached hydrogens (tertiary/aromatic N) is 1. The molecule has 0 amide bonds. The van der Waals surface area contributed by atoms with Gasteiger partial charge >= 0.3 is 5.97 Å². The summed E-state index contributed by atoms with van der Waals surface area (Å²) in [5.41, 5.74) is 2.04. The zero-order valence-electron chi connectivity index (χ0n) is 19.8. The lowest BCUT2D eigenvalue weighted by atomic mass is 9.62. The van der Waals surface area contributed by atoms with Crippen LogP contribution in [0.1, 0.15) is 43.7 Å². The van der Waals surface area contributed by atoms with Crippen LogP contribution in [-0.4, -0.2) is 35.4 Å². The highest BCUT2D eigenvalue weighted by Gasteiger charge is 2.50. The van der Waals surface area contributed by atoms with Gasteiger partial charge in [-0.1, -0.05) is 42.5 Å². The molecule has 0 aromatic heterocycles. The van der Waals surface area contributed by atoms with Crippen molar-refractivity contribution in [2.24, 2.45) is 5.41 Å². The summed E-state index contributed by atoms with van der Waals surface area (Å²) >= 11 is 0. The standard InChI is InChI=1S/C27H30N2O6/c1-2-34-26(31)23(16-19-8-10-21(11-9-19)29(32)33)28-24-17-25(30)27(24)14-12-22(13-15-27)35-18-20-6-4-3-5-7-20/h3-11,17,22-23,28H,2,12-16,18H2,1H3/t22-,23-,27+/m0/s1. The molecule has 35 heavy (non-hydrogen) atoms. The van der Waals surface area contributed by atoms with Crippen molar-refractivity contribution in [3.8, 4) is 0 Å². The average Bonchev–Trinajstić information content (AvgIpc) is 2.88. The van der Waals surface area contributed by atoms with Gasteiger partial charge in [0.2, 0.25) is 0 Å². The number of allylic oxidation sites excluding steroid dienone is 2. The minimum absolute atomic E-state index is 0.00751. The van der Waals surface area contributed by atoms with Gasteiger partial charge in [-0.3, -0.25) is 14.9 Å². The molecule has 1 N–H and O–H groups in total. The fourth-order valence-corrected chi connectivity index (χ4v) is 4.81. The van der Waals surface area contributed by atoms with Crippen molar-refractivity contribution in [2.75, 3.05) is 6.61 Å². The highest BCUT2D eigenvalue weighted by Crippen LogP contribution is 2.49. The summed E-state index contributed by atoms with van der Waals surface area (Å²) in [6.07, 6.45) is 4.83. The number of non-ortho nitro benzene ring substituents is 1. The fraction of sp³-hybridized carbons (Fsp3) is 0.407. The Labute approximate surface area is 204 Å². The monoisotopic (exact) mass is 478 g/mol. The molecule has 0 unspecified atom stereocenters. The van der Waals surface area contributed by atoms with E-state index in [0.29, 0.717) is 25.9 Å². The van der Waals surface area contributed by atoms with Crippen LogP contribution in [0.3, 0.4) is 0 Å². The Kier molecular flexibility index (Phi) is 7.60. The van der Waals surface area contributed by atoms with Gasteiger partial charge in [0.15, 0.2) is 5.78 Å². The van der Waals surface area contributed by atoms with Gasteiger partial charge in [-0.2, -0.15) is 0 Å². The molecular weight excluding hydrogens is 448 g/mol. The Morgan fingerprint density at radius 1 is 1.11 bits per heavy atom. The van der Waals surface area contributed by atoms with Gasteiger partial charge in [0.05, 0.1) is 29.7 Å². The second kappa shape index (κ2) is 10.8. The van der Waals surface area contributed by atoms with Gasteiger partial charge in [-0.15, -0.1) is 0 Å². The van der Waals surface area contributed by atoms with Crippen LogP contribution in [-0.2, 0) is 32.1 Å². The van der Waals surface area contributed by atoms with Crippen LogP contribution >= 0.6 is 0 Å².